The molecule has 0 aromatic heterocycles. The number of hydrazine groups is 1. The van der Waals surface area contributed by atoms with Crippen molar-refractivity contribution in [2.45, 2.75) is 6.92 Å². The predicted molar refractivity (Wildman–Crippen MR) is 53.7 cm³/mol. The fourth-order valence-corrected chi connectivity index (χ4v) is 1.74. The van der Waals surface area contributed by atoms with Gasteiger partial charge < -0.3 is 0 Å². The Morgan fingerprint density at radius 1 is 1.69 bits per heavy atom. The van der Waals surface area contributed by atoms with E-state index in [2.05, 4.69) is 21.4 Å². The number of ketones is 1. The molecule has 0 aliphatic carbocycles. The number of halogens is 1. The summed E-state index contributed by atoms with van der Waals surface area (Å²) in [5, 5.41) is 1.86. The van der Waals surface area contributed by atoms with E-state index < -0.39 is 0 Å². The molecule has 0 saturated carbocycles. The average molecular weight is 241 g/mol. The van der Waals surface area contributed by atoms with Gasteiger partial charge in [0.25, 0.3) is 0 Å². The molecule has 0 aromatic carbocycles. The Kier molecular flexibility index (Phi) is 2.09. The fourth-order valence-electron chi connectivity index (χ4n) is 1.40. The summed E-state index contributed by atoms with van der Waals surface area (Å²) in [6.45, 7) is 2.21. The van der Waals surface area contributed by atoms with Crippen LogP contribution in [0.1, 0.15) is 6.92 Å². The first kappa shape index (κ1) is 8.72. The molecular weight excluding hydrogens is 232 g/mol. The molecule has 1 N–H and O–H groups in total. The van der Waals surface area contributed by atoms with Gasteiger partial charge in [0.05, 0.1) is 5.70 Å². The lowest BCUT2D eigenvalue weighted by Gasteiger charge is -2.18. The van der Waals surface area contributed by atoms with Crippen LogP contribution in [0.2, 0.25) is 0 Å². The van der Waals surface area contributed by atoms with Gasteiger partial charge >= 0.3 is 0 Å². The Morgan fingerprint density at radius 2 is 2.46 bits per heavy atom. The van der Waals surface area contributed by atoms with E-state index in [0.29, 0.717) is 6.54 Å². The lowest BCUT2D eigenvalue weighted by Crippen LogP contribution is -2.26. The molecule has 0 amide bonds. The summed E-state index contributed by atoms with van der Waals surface area (Å²) in [4.78, 5) is 11.2. The molecular formula is C9H9BrN2O. The normalized spacial score (nSPS) is 20.5. The van der Waals surface area contributed by atoms with Crippen molar-refractivity contribution in [3.05, 3.63) is 34.1 Å². The Hall–Kier alpha value is -0.870. The van der Waals surface area contributed by atoms with Gasteiger partial charge in [0.15, 0.2) is 5.78 Å². The molecule has 0 spiro atoms. The topological polar surface area (TPSA) is 32.3 Å². The number of fused-ring (bicyclic) bond motifs is 1. The molecule has 2 rings (SSSR count). The van der Waals surface area contributed by atoms with Crippen molar-refractivity contribution < 1.29 is 4.79 Å². The minimum atomic E-state index is 0.122. The minimum Gasteiger partial charge on any atom is -0.295 e. The van der Waals surface area contributed by atoms with Crippen molar-refractivity contribution >= 4 is 21.7 Å². The summed E-state index contributed by atoms with van der Waals surface area (Å²) >= 11 is 3.38. The zero-order valence-electron chi connectivity index (χ0n) is 7.17. The third-order valence-corrected chi connectivity index (χ3v) is 2.57. The van der Waals surface area contributed by atoms with E-state index in [9.17, 15) is 4.79 Å². The molecule has 2 heterocycles. The van der Waals surface area contributed by atoms with Crippen LogP contribution in [0.4, 0.5) is 0 Å². The van der Waals surface area contributed by atoms with Gasteiger partial charge in [-0.2, -0.15) is 0 Å². The maximum absolute atomic E-state index is 11.2. The highest BCUT2D eigenvalue weighted by molar-refractivity contribution is 9.11. The zero-order chi connectivity index (χ0) is 9.42. The number of nitrogens with zero attached hydrogens (tertiary/aromatic N) is 1. The highest BCUT2D eigenvalue weighted by Crippen LogP contribution is 2.25. The molecule has 4 heteroatoms. The largest absolute Gasteiger partial charge is 0.295 e. The Bertz CT molecular complexity index is 355. The molecule has 0 radical (unpaired) electrons. The summed E-state index contributed by atoms with van der Waals surface area (Å²) in [6, 6.07) is 0. The molecule has 0 aromatic rings. The van der Waals surface area contributed by atoms with E-state index in [1.165, 1.54) is 0 Å². The quantitative estimate of drug-likeness (QED) is 0.754. The van der Waals surface area contributed by atoms with Gasteiger partial charge in [0.1, 0.15) is 0 Å². The number of hydrogen-bond acceptors (Lipinski definition) is 3. The first-order chi connectivity index (χ1) is 6.18. The van der Waals surface area contributed by atoms with Crippen molar-refractivity contribution in [3.8, 4) is 0 Å². The average Bonchev–Trinajstić information content (AvgIpc) is 2.46. The van der Waals surface area contributed by atoms with Crippen LogP contribution < -0.4 is 5.43 Å². The Labute approximate surface area is 84.9 Å². The van der Waals surface area contributed by atoms with Gasteiger partial charge in [-0.3, -0.25) is 9.80 Å². The second-order valence-corrected chi connectivity index (χ2v) is 3.89. The lowest BCUT2D eigenvalue weighted by atomic mass is 10.1. The first-order valence-corrected chi connectivity index (χ1v) is 4.80. The van der Waals surface area contributed by atoms with Crippen molar-refractivity contribution in [1.82, 2.24) is 10.4 Å². The van der Waals surface area contributed by atoms with Gasteiger partial charge in [0.2, 0.25) is 0 Å². The van der Waals surface area contributed by atoms with E-state index in [1.54, 1.807) is 6.92 Å². The van der Waals surface area contributed by atoms with Crippen LogP contribution in [0.5, 0.6) is 0 Å². The summed E-state index contributed by atoms with van der Waals surface area (Å²) < 4.78 is 0.987. The van der Waals surface area contributed by atoms with Crippen LogP contribution in [0, 0.1) is 0 Å². The van der Waals surface area contributed by atoms with Crippen molar-refractivity contribution in [2.24, 2.45) is 0 Å². The Morgan fingerprint density at radius 3 is 3.15 bits per heavy atom. The number of rotatable bonds is 1. The maximum Gasteiger partial charge on any atom is 0.159 e. The van der Waals surface area contributed by atoms with Crippen molar-refractivity contribution in [2.75, 3.05) is 6.54 Å². The van der Waals surface area contributed by atoms with E-state index in [1.807, 2.05) is 23.4 Å². The van der Waals surface area contributed by atoms with E-state index in [4.69, 9.17) is 0 Å². The summed E-state index contributed by atoms with van der Waals surface area (Å²) in [5.74, 6) is 0.122. The van der Waals surface area contributed by atoms with Crippen molar-refractivity contribution in [1.29, 1.82) is 0 Å². The van der Waals surface area contributed by atoms with Gasteiger partial charge in [0, 0.05) is 22.8 Å². The number of hydrogen-bond donors (Lipinski definition) is 1. The maximum atomic E-state index is 11.2. The van der Waals surface area contributed by atoms with E-state index in [0.717, 1.165) is 15.8 Å². The zero-order valence-corrected chi connectivity index (χ0v) is 8.76. The monoisotopic (exact) mass is 240 g/mol. The van der Waals surface area contributed by atoms with Gasteiger partial charge in [-0.05, 0) is 19.1 Å². The molecule has 0 bridgehead atoms. The number of Topliss-reactive ketones (excluding diaryl/α,β-unsaturated/α-hetero) is 1. The third-order valence-electron chi connectivity index (χ3n) is 2.08. The highest BCUT2D eigenvalue weighted by atomic mass is 79.9. The molecule has 0 fully saturated rings. The SMILES string of the molecule is CC(=O)C1=C2C=C(Br)C=CN2NC1. The summed E-state index contributed by atoms with van der Waals surface area (Å²) in [7, 11) is 0. The van der Waals surface area contributed by atoms with Crippen molar-refractivity contribution in [3.63, 3.8) is 0 Å². The van der Waals surface area contributed by atoms with Crippen LogP contribution in [-0.2, 0) is 4.79 Å². The standard InChI is InChI=1S/C9H9BrN2O/c1-6(13)8-5-11-12-3-2-7(10)4-9(8)12/h2-4,11H,5H2,1H3. The van der Waals surface area contributed by atoms with Crippen LogP contribution in [-0.4, -0.2) is 17.3 Å². The van der Waals surface area contributed by atoms with Gasteiger partial charge in [-0.1, -0.05) is 15.9 Å². The molecule has 0 atom stereocenters. The van der Waals surface area contributed by atoms with Crippen LogP contribution >= 0.6 is 15.9 Å². The van der Waals surface area contributed by atoms with Crippen LogP contribution in [0.15, 0.2) is 34.1 Å². The van der Waals surface area contributed by atoms with Gasteiger partial charge in [-0.25, -0.2) is 5.43 Å². The minimum absolute atomic E-state index is 0.122. The predicted octanol–water partition coefficient (Wildman–Crippen LogP) is 1.46. The fraction of sp³-hybridized carbons (Fsp3) is 0.222. The van der Waals surface area contributed by atoms with Gasteiger partial charge in [-0.15, -0.1) is 0 Å². The molecule has 2 aliphatic heterocycles. The van der Waals surface area contributed by atoms with E-state index >= 15 is 0 Å². The molecule has 2 aliphatic rings. The summed E-state index contributed by atoms with van der Waals surface area (Å²) in [5.41, 5.74) is 4.88. The number of carbonyl (C=O) groups excluding carboxylic acids is 1. The van der Waals surface area contributed by atoms with E-state index in [-0.39, 0.29) is 5.78 Å². The number of allylic oxidation sites excluding steroid dienone is 3. The molecule has 0 unspecified atom stereocenters. The van der Waals surface area contributed by atoms with Crippen LogP contribution in [0.3, 0.4) is 0 Å². The summed E-state index contributed by atoms with van der Waals surface area (Å²) in [6.07, 6.45) is 5.77. The Balaban J connectivity index is 2.43. The highest BCUT2D eigenvalue weighted by Gasteiger charge is 2.23. The second-order valence-electron chi connectivity index (χ2n) is 2.97. The molecule has 68 valence electrons. The molecule has 13 heavy (non-hydrogen) atoms. The van der Waals surface area contributed by atoms with Crippen LogP contribution in [0.25, 0.3) is 0 Å². The first-order valence-electron chi connectivity index (χ1n) is 4.00. The third kappa shape index (κ3) is 1.47. The smallest absolute Gasteiger partial charge is 0.159 e. The lowest BCUT2D eigenvalue weighted by molar-refractivity contribution is -0.113. The molecule has 3 nitrogen and oxygen atoms in total. The number of carbonyl (C=O) groups is 1. The second kappa shape index (κ2) is 3.12. The number of nitrogens with one attached hydrogen (secondary N) is 1. The molecule has 0 saturated heterocycles.